The second-order valence-electron chi connectivity index (χ2n) is 0.714. The highest BCUT2D eigenvalue weighted by Crippen LogP contribution is 1.62. The van der Waals surface area contributed by atoms with Gasteiger partial charge in [-0.3, -0.25) is 0 Å². The maximum atomic E-state index is 9.63. The van der Waals surface area contributed by atoms with Crippen LogP contribution in [-0.4, -0.2) is 6.03 Å². The van der Waals surface area contributed by atoms with Gasteiger partial charge in [0.25, 0.3) is 0 Å². The lowest BCUT2D eigenvalue weighted by Crippen LogP contribution is -2.01. The van der Waals surface area contributed by atoms with Crippen molar-refractivity contribution in [1.82, 2.24) is 0 Å². The average molecular weight is 120 g/mol. The molecule has 0 aromatic heterocycles. The first kappa shape index (κ1) is 6.09. The number of hydrogen-bond acceptors (Lipinski definition) is 3. The van der Waals surface area contributed by atoms with Crippen molar-refractivity contribution in [1.29, 1.82) is 9.56 Å². The molecule has 0 fully saturated rings. The first-order chi connectivity index (χ1) is 3.13. The smallest absolute Gasteiger partial charge is 0.349 e. The number of nitrogens with zero attached hydrogens (tertiary/aromatic N) is 1. The molecule has 0 spiro atoms. The van der Waals surface area contributed by atoms with Gasteiger partial charge in [-0.05, 0) is 0 Å². The Balaban J connectivity index is 4.26. The molecule has 0 bridgehead atoms. The minimum absolute atomic E-state index is 0.951. The maximum Gasteiger partial charge on any atom is 0.350 e. The number of carbonyl (C=O) groups excluding carboxylic acids is 1. The van der Waals surface area contributed by atoms with Crippen molar-refractivity contribution in [3.63, 3.8) is 0 Å². The molecule has 0 aromatic rings. The van der Waals surface area contributed by atoms with Gasteiger partial charge in [-0.2, -0.15) is 0 Å². The van der Waals surface area contributed by atoms with Crippen LogP contribution < -0.4 is 5.73 Å². The highest BCUT2D eigenvalue weighted by molar-refractivity contribution is 7.64. The van der Waals surface area contributed by atoms with Crippen LogP contribution in [0.3, 0.4) is 0 Å². The van der Waals surface area contributed by atoms with Crippen LogP contribution in [0.1, 0.15) is 0 Å². The van der Waals surface area contributed by atoms with Gasteiger partial charge in [0.1, 0.15) is 0 Å². The maximum absolute atomic E-state index is 9.63. The molecule has 0 heterocycles. The van der Waals surface area contributed by atoms with Crippen molar-refractivity contribution in [3.05, 3.63) is 0 Å². The van der Waals surface area contributed by atoms with E-state index in [2.05, 4.69) is 10.1 Å². The van der Waals surface area contributed by atoms with Crippen LogP contribution in [-0.2, 0) is 10.3 Å². The third-order valence-corrected chi connectivity index (χ3v) is 0.544. The van der Waals surface area contributed by atoms with Crippen LogP contribution in [0.2, 0.25) is 0 Å². The molecule has 0 atom stereocenters. The second-order valence-corrected chi connectivity index (χ2v) is 1.47. The van der Waals surface area contributed by atoms with Crippen molar-refractivity contribution in [2.24, 2.45) is 10.1 Å². The Morgan fingerprint density at radius 3 is 2.14 bits per heavy atom. The number of urea groups is 1. The van der Waals surface area contributed by atoms with Crippen LogP contribution >= 0.6 is 0 Å². The van der Waals surface area contributed by atoms with E-state index in [-0.39, 0.29) is 0 Å². The monoisotopic (exact) mass is 120 g/mol. The van der Waals surface area contributed by atoms with Gasteiger partial charge in [-0.25, -0.2) is 14.4 Å². The summed E-state index contributed by atoms with van der Waals surface area (Å²) in [6.07, 6.45) is 0. The predicted octanol–water partition coefficient (Wildman–Crippen LogP) is 0.392. The number of primary amides is 1. The Morgan fingerprint density at radius 2 is 2.14 bits per heavy atom. The Bertz CT molecular complexity index is 180. The van der Waals surface area contributed by atoms with E-state index in [1.807, 2.05) is 0 Å². The number of carbonyl (C=O) groups is 1. The standard InChI is InChI=1S/CH4N4OS/c2-1(6)5-7(3)4/h3-4H,(H2,2,6). The topological polar surface area (TPSA) is 103 Å². The molecule has 0 aliphatic rings. The van der Waals surface area contributed by atoms with Crippen LogP contribution in [0.4, 0.5) is 4.79 Å². The molecule has 0 saturated heterocycles. The van der Waals surface area contributed by atoms with E-state index in [0.29, 0.717) is 0 Å². The second kappa shape index (κ2) is 2.30. The fourth-order valence-electron chi connectivity index (χ4n) is 0.0900. The summed E-state index contributed by atoms with van der Waals surface area (Å²) < 4.78 is 15.4. The molecule has 6 heteroatoms. The summed E-state index contributed by atoms with van der Waals surface area (Å²) in [6, 6.07) is -0.951. The zero-order valence-electron chi connectivity index (χ0n) is 3.34. The van der Waals surface area contributed by atoms with Gasteiger partial charge in [0.2, 0.25) is 0 Å². The molecule has 0 unspecified atom stereocenters. The third kappa shape index (κ3) is 5.09. The summed E-state index contributed by atoms with van der Waals surface area (Å²) in [5, 5.41) is 0. The van der Waals surface area contributed by atoms with Gasteiger partial charge in [0.15, 0.2) is 0 Å². The zero-order valence-corrected chi connectivity index (χ0v) is 4.16. The lowest BCUT2D eigenvalue weighted by Gasteiger charge is -1.67. The molecule has 2 amide bonds. The third-order valence-electron chi connectivity index (χ3n) is 0.181. The van der Waals surface area contributed by atoms with Gasteiger partial charge < -0.3 is 5.73 Å². The average Bonchev–Trinajstić information content (AvgIpc) is 1.27. The Morgan fingerprint density at radius 1 is 1.71 bits per heavy atom. The van der Waals surface area contributed by atoms with Crippen molar-refractivity contribution < 1.29 is 4.79 Å². The fourth-order valence-corrected chi connectivity index (χ4v) is 0.270. The van der Waals surface area contributed by atoms with Crippen LogP contribution in [0.15, 0.2) is 4.36 Å². The van der Waals surface area contributed by atoms with E-state index in [0.717, 1.165) is 0 Å². The van der Waals surface area contributed by atoms with Gasteiger partial charge in [0, 0.05) is 0 Å². The molecule has 5 nitrogen and oxygen atoms in total. The van der Waals surface area contributed by atoms with E-state index in [1.54, 1.807) is 0 Å². The van der Waals surface area contributed by atoms with Gasteiger partial charge >= 0.3 is 6.03 Å². The van der Waals surface area contributed by atoms with Gasteiger partial charge in [0.05, 0.1) is 10.3 Å². The van der Waals surface area contributed by atoms with Crippen molar-refractivity contribution >= 4 is 16.3 Å². The summed E-state index contributed by atoms with van der Waals surface area (Å²) in [4.78, 5) is 9.63. The summed E-state index contributed by atoms with van der Waals surface area (Å²) in [5.41, 5.74) is 4.45. The number of amides is 2. The molecule has 40 valence electrons. The molecular formula is CH4N4OS. The minimum atomic E-state index is -1.70. The number of nitrogens with two attached hydrogens (primary N) is 1. The molecule has 0 aliphatic heterocycles. The lowest BCUT2D eigenvalue weighted by molar-refractivity contribution is 0.257. The van der Waals surface area contributed by atoms with Crippen molar-refractivity contribution in [2.45, 2.75) is 0 Å². The summed E-state index contributed by atoms with van der Waals surface area (Å²) >= 11 is 0. The molecule has 0 aromatic carbocycles. The van der Waals surface area contributed by atoms with Crippen LogP contribution in [0, 0.1) is 9.56 Å². The predicted molar refractivity (Wildman–Crippen MR) is 24.8 cm³/mol. The van der Waals surface area contributed by atoms with E-state index in [1.165, 1.54) is 0 Å². The molecule has 0 saturated carbocycles. The van der Waals surface area contributed by atoms with Crippen LogP contribution in [0.5, 0.6) is 0 Å². The fraction of sp³-hybridized carbons (Fsp3) is 0. The molecular weight excluding hydrogens is 116 g/mol. The normalized spacial score (nSPS) is 7.43. The number of rotatable bonds is 0. The largest absolute Gasteiger partial charge is 0.350 e. The zero-order chi connectivity index (χ0) is 5.86. The Labute approximate surface area is 41.7 Å². The Hall–Kier alpha value is -0.910. The van der Waals surface area contributed by atoms with Crippen molar-refractivity contribution in [2.75, 3.05) is 0 Å². The molecule has 0 radical (unpaired) electrons. The molecule has 7 heavy (non-hydrogen) atoms. The summed E-state index contributed by atoms with van der Waals surface area (Å²) in [5.74, 6) is 0. The van der Waals surface area contributed by atoms with Gasteiger partial charge in [-0.15, -0.1) is 4.36 Å². The van der Waals surface area contributed by atoms with E-state index >= 15 is 0 Å². The van der Waals surface area contributed by atoms with E-state index in [4.69, 9.17) is 9.56 Å². The minimum Gasteiger partial charge on any atom is -0.349 e. The highest BCUT2D eigenvalue weighted by Gasteiger charge is 1.76. The van der Waals surface area contributed by atoms with E-state index in [9.17, 15) is 4.79 Å². The SMILES string of the molecule is N=S(=N)=NC(N)=O. The quantitative estimate of drug-likeness (QED) is 0.423. The first-order valence-electron chi connectivity index (χ1n) is 1.31. The molecule has 0 rings (SSSR count). The molecule has 0 aliphatic carbocycles. The van der Waals surface area contributed by atoms with Crippen molar-refractivity contribution in [3.8, 4) is 0 Å². The van der Waals surface area contributed by atoms with Gasteiger partial charge in [-0.1, -0.05) is 0 Å². The lowest BCUT2D eigenvalue weighted by atomic mass is 11.2. The summed E-state index contributed by atoms with van der Waals surface area (Å²) in [6.45, 7) is 0. The first-order valence-corrected chi connectivity index (χ1v) is 2.49. The van der Waals surface area contributed by atoms with E-state index < -0.39 is 16.3 Å². The van der Waals surface area contributed by atoms with Crippen LogP contribution in [0.25, 0.3) is 0 Å². The Kier molecular flexibility index (Phi) is 2.00. The number of nitrogens with one attached hydrogen (secondary N) is 2. The molecule has 4 N–H and O–H groups in total. The number of hydrogen-bond donors (Lipinski definition) is 3. The summed E-state index contributed by atoms with van der Waals surface area (Å²) in [7, 11) is -1.70. The highest BCUT2D eigenvalue weighted by atomic mass is 32.1.